The van der Waals surface area contributed by atoms with Crippen molar-refractivity contribution < 1.29 is 27.1 Å². The Hall–Kier alpha value is -2.85. The summed E-state index contributed by atoms with van der Waals surface area (Å²) in [6.45, 7) is 2.42. The molecule has 0 saturated carbocycles. The van der Waals surface area contributed by atoms with Gasteiger partial charge in [-0.05, 0) is 49.2 Å². The van der Waals surface area contributed by atoms with Crippen LogP contribution in [0.15, 0.2) is 47.4 Å². The highest BCUT2D eigenvalue weighted by atomic mass is 32.2. The Morgan fingerprint density at radius 3 is 2.29 bits per heavy atom. The molecule has 2 saturated heterocycles. The molecule has 0 aliphatic carbocycles. The number of piperidine rings is 1. The summed E-state index contributed by atoms with van der Waals surface area (Å²) in [6, 6.07) is 10.2. The summed E-state index contributed by atoms with van der Waals surface area (Å²) in [5, 5.41) is 0. The highest BCUT2D eigenvalue weighted by Gasteiger charge is 2.41. The summed E-state index contributed by atoms with van der Waals surface area (Å²) in [6.07, 6.45) is 1.95. The van der Waals surface area contributed by atoms with E-state index >= 15 is 0 Å². The third-order valence-electron chi connectivity index (χ3n) is 6.48. The van der Waals surface area contributed by atoms with Crippen molar-refractivity contribution in [1.82, 2.24) is 9.21 Å². The number of carbonyl (C=O) groups is 1. The van der Waals surface area contributed by atoms with Crippen LogP contribution in [-0.4, -0.2) is 76.5 Å². The SMILES string of the molecule is COc1ccc(OC)c(S(=O)(=O)N2CCCCC2C(=O)N2CCN(c3ccc(F)cc3)CC2)c1. The van der Waals surface area contributed by atoms with Crippen molar-refractivity contribution in [1.29, 1.82) is 0 Å². The second-order valence-electron chi connectivity index (χ2n) is 8.43. The van der Waals surface area contributed by atoms with E-state index in [1.807, 2.05) is 0 Å². The summed E-state index contributed by atoms with van der Waals surface area (Å²) in [4.78, 5) is 17.3. The lowest BCUT2D eigenvalue weighted by molar-refractivity contribution is -0.136. The summed E-state index contributed by atoms with van der Waals surface area (Å²) in [5.74, 6) is 0.148. The highest BCUT2D eigenvalue weighted by Crippen LogP contribution is 2.34. The lowest BCUT2D eigenvalue weighted by Crippen LogP contribution is -2.57. The Balaban J connectivity index is 1.52. The van der Waals surface area contributed by atoms with Gasteiger partial charge in [0.05, 0.1) is 14.2 Å². The van der Waals surface area contributed by atoms with Crippen molar-refractivity contribution in [2.45, 2.75) is 30.2 Å². The van der Waals surface area contributed by atoms with Crippen molar-refractivity contribution in [2.24, 2.45) is 0 Å². The van der Waals surface area contributed by atoms with Crippen LogP contribution in [-0.2, 0) is 14.8 Å². The fourth-order valence-corrected chi connectivity index (χ4v) is 6.42. The normalized spacial score (nSPS) is 19.7. The van der Waals surface area contributed by atoms with E-state index in [-0.39, 0.29) is 28.9 Å². The zero-order chi connectivity index (χ0) is 24.3. The first-order chi connectivity index (χ1) is 16.3. The monoisotopic (exact) mass is 491 g/mol. The standard InChI is InChI=1S/C24H30FN3O5S/c1-32-20-10-11-22(33-2)23(17-20)34(30,31)28-12-4-3-5-21(28)24(29)27-15-13-26(14-16-27)19-8-6-18(25)7-9-19/h6-11,17,21H,3-5,12-16H2,1-2H3. The van der Waals surface area contributed by atoms with E-state index in [1.54, 1.807) is 29.2 Å². The minimum atomic E-state index is -3.99. The third kappa shape index (κ3) is 4.83. The Labute approximate surface area is 199 Å². The summed E-state index contributed by atoms with van der Waals surface area (Å²) < 4.78 is 52.4. The fraction of sp³-hybridized carbons (Fsp3) is 0.458. The molecule has 2 aliphatic rings. The van der Waals surface area contributed by atoms with E-state index in [0.29, 0.717) is 44.8 Å². The van der Waals surface area contributed by atoms with Gasteiger partial charge in [0.2, 0.25) is 15.9 Å². The van der Waals surface area contributed by atoms with E-state index in [2.05, 4.69) is 4.90 Å². The maximum Gasteiger partial charge on any atom is 0.247 e. The number of benzene rings is 2. The molecule has 1 amide bonds. The maximum absolute atomic E-state index is 13.7. The molecular weight excluding hydrogens is 461 g/mol. The largest absolute Gasteiger partial charge is 0.497 e. The average Bonchev–Trinajstić information content (AvgIpc) is 2.88. The fourth-order valence-electron chi connectivity index (χ4n) is 4.60. The topological polar surface area (TPSA) is 79.4 Å². The molecule has 2 aliphatic heterocycles. The Bertz CT molecular complexity index is 1120. The number of anilines is 1. The molecule has 34 heavy (non-hydrogen) atoms. The van der Waals surface area contributed by atoms with Crippen LogP contribution in [0, 0.1) is 5.82 Å². The van der Waals surface area contributed by atoms with Gasteiger partial charge in [0.15, 0.2) is 0 Å². The molecule has 0 spiro atoms. The summed E-state index contributed by atoms with van der Waals surface area (Å²) in [7, 11) is -1.11. The first-order valence-electron chi connectivity index (χ1n) is 11.4. The molecule has 2 fully saturated rings. The van der Waals surface area contributed by atoms with Gasteiger partial charge < -0.3 is 19.3 Å². The molecule has 1 atom stereocenters. The minimum Gasteiger partial charge on any atom is -0.497 e. The number of ether oxygens (including phenoxy) is 2. The number of hydrogen-bond donors (Lipinski definition) is 0. The summed E-state index contributed by atoms with van der Waals surface area (Å²) in [5.41, 5.74) is 0.903. The second-order valence-corrected chi connectivity index (χ2v) is 10.3. The lowest BCUT2D eigenvalue weighted by atomic mass is 10.0. The van der Waals surface area contributed by atoms with Crippen LogP contribution in [0.1, 0.15) is 19.3 Å². The van der Waals surface area contributed by atoms with Crippen LogP contribution in [0.5, 0.6) is 11.5 Å². The third-order valence-corrected chi connectivity index (χ3v) is 8.41. The van der Waals surface area contributed by atoms with Gasteiger partial charge in [-0.25, -0.2) is 12.8 Å². The predicted molar refractivity (Wildman–Crippen MR) is 126 cm³/mol. The van der Waals surface area contributed by atoms with E-state index in [9.17, 15) is 17.6 Å². The Kier molecular flexibility index (Phi) is 7.27. The molecule has 0 aromatic heterocycles. The number of carbonyl (C=O) groups excluding carboxylic acids is 1. The molecule has 0 N–H and O–H groups in total. The van der Waals surface area contributed by atoms with E-state index in [4.69, 9.17) is 9.47 Å². The van der Waals surface area contributed by atoms with Gasteiger partial charge >= 0.3 is 0 Å². The number of methoxy groups -OCH3 is 2. The Morgan fingerprint density at radius 1 is 0.941 bits per heavy atom. The maximum atomic E-state index is 13.7. The molecule has 1 unspecified atom stereocenters. The molecule has 0 radical (unpaired) electrons. The number of rotatable bonds is 6. The molecule has 8 nitrogen and oxygen atoms in total. The molecule has 10 heteroatoms. The lowest BCUT2D eigenvalue weighted by Gasteiger charge is -2.41. The van der Waals surface area contributed by atoms with Gasteiger partial charge in [0, 0.05) is 44.5 Å². The number of sulfonamides is 1. The van der Waals surface area contributed by atoms with Crippen molar-refractivity contribution in [3.63, 3.8) is 0 Å². The number of nitrogens with zero attached hydrogens (tertiary/aromatic N) is 3. The van der Waals surface area contributed by atoms with Crippen LogP contribution >= 0.6 is 0 Å². The molecule has 2 aromatic rings. The van der Waals surface area contributed by atoms with Crippen LogP contribution in [0.4, 0.5) is 10.1 Å². The smallest absolute Gasteiger partial charge is 0.247 e. The second kappa shape index (κ2) is 10.2. The van der Waals surface area contributed by atoms with E-state index in [1.165, 1.54) is 36.7 Å². The highest BCUT2D eigenvalue weighted by molar-refractivity contribution is 7.89. The molecule has 4 rings (SSSR count). The van der Waals surface area contributed by atoms with Gasteiger partial charge in [-0.3, -0.25) is 4.79 Å². The van der Waals surface area contributed by atoms with Gasteiger partial charge in [-0.2, -0.15) is 4.31 Å². The summed E-state index contributed by atoms with van der Waals surface area (Å²) >= 11 is 0. The van der Waals surface area contributed by atoms with Gasteiger partial charge in [0.1, 0.15) is 28.3 Å². The quantitative estimate of drug-likeness (QED) is 0.618. The number of amides is 1. The van der Waals surface area contributed by atoms with Crippen molar-refractivity contribution in [3.05, 3.63) is 48.3 Å². The van der Waals surface area contributed by atoms with Crippen LogP contribution in [0.2, 0.25) is 0 Å². The number of halogens is 1. The van der Waals surface area contributed by atoms with Gasteiger partial charge in [-0.15, -0.1) is 0 Å². The van der Waals surface area contributed by atoms with E-state index in [0.717, 1.165) is 12.1 Å². The number of piperazine rings is 1. The first kappa shape index (κ1) is 24.3. The van der Waals surface area contributed by atoms with Gasteiger partial charge in [0.25, 0.3) is 0 Å². The molecule has 2 heterocycles. The predicted octanol–water partition coefficient (Wildman–Crippen LogP) is 2.73. The van der Waals surface area contributed by atoms with Crippen LogP contribution in [0.25, 0.3) is 0 Å². The molecule has 0 bridgehead atoms. The Morgan fingerprint density at radius 2 is 1.65 bits per heavy atom. The molecule has 184 valence electrons. The number of hydrogen-bond acceptors (Lipinski definition) is 6. The van der Waals surface area contributed by atoms with E-state index < -0.39 is 16.1 Å². The molecule has 2 aromatic carbocycles. The molecular formula is C24H30FN3O5S. The van der Waals surface area contributed by atoms with Crippen molar-refractivity contribution in [3.8, 4) is 11.5 Å². The van der Waals surface area contributed by atoms with Crippen molar-refractivity contribution in [2.75, 3.05) is 51.8 Å². The average molecular weight is 492 g/mol. The first-order valence-corrected chi connectivity index (χ1v) is 12.8. The van der Waals surface area contributed by atoms with Crippen molar-refractivity contribution >= 4 is 21.6 Å². The van der Waals surface area contributed by atoms with Gasteiger partial charge in [-0.1, -0.05) is 6.42 Å². The zero-order valence-corrected chi connectivity index (χ0v) is 20.3. The van der Waals surface area contributed by atoms with Crippen LogP contribution in [0.3, 0.4) is 0 Å². The zero-order valence-electron chi connectivity index (χ0n) is 19.4. The van der Waals surface area contributed by atoms with Crippen LogP contribution < -0.4 is 14.4 Å². The minimum absolute atomic E-state index is 0.00446.